The van der Waals surface area contributed by atoms with E-state index in [0.29, 0.717) is 0 Å². The number of nitriles is 1. The molecule has 0 aromatic heterocycles. The van der Waals surface area contributed by atoms with Crippen molar-refractivity contribution >= 4 is 0 Å². The summed E-state index contributed by atoms with van der Waals surface area (Å²) < 4.78 is 5.55. The van der Waals surface area contributed by atoms with Gasteiger partial charge in [-0.3, -0.25) is 0 Å². The lowest BCUT2D eigenvalue weighted by molar-refractivity contribution is -0.0919. The fourth-order valence-corrected chi connectivity index (χ4v) is 1.10. The molecule has 3 heteroatoms. The van der Waals surface area contributed by atoms with Gasteiger partial charge in [0.1, 0.15) is 6.10 Å². The number of hydrogen-bond acceptors (Lipinski definition) is 3. The van der Waals surface area contributed by atoms with E-state index in [1.165, 1.54) is 0 Å². The smallest absolute Gasteiger partial charge is 0.144 e. The van der Waals surface area contributed by atoms with E-state index in [4.69, 9.17) is 10.00 Å². The van der Waals surface area contributed by atoms with Crippen molar-refractivity contribution < 1.29 is 4.74 Å². The van der Waals surface area contributed by atoms with Gasteiger partial charge in [-0.25, -0.2) is 0 Å². The number of nitrogens with zero attached hydrogens (tertiary/aromatic N) is 1. The molecule has 3 nitrogen and oxygen atoms in total. The van der Waals surface area contributed by atoms with Gasteiger partial charge in [0.25, 0.3) is 0 Å². The second-order valence-corrected chi connectivity index (χ2v) is 3.20. The highest BCUT2D eigenvalue weighted by molar-refractivity contribution is 4.94. The van der Waals surface area contributed by atoms with Crippen LogP contribution in [0.5, 0.6) is 0 Å². The quantitative estimate of drug-likeness (QED) is 0.649. The maximum absolute atomic E-state index is 8.61. The number of rotatable bonds is 3. The van der Waals surface area contributed by atoms with Crippen LogP contribution >= 0.6 is 0 Å². The highest BCUT2D eigenvalue weighted by Gasteiger charge is 2.34. The average Bonchev–Trinajstić information content (AvgIpc) is 1.97. The normalized spacial score (nSPS) is 23.4. The summed E-state index contributed by atoms with van der Waals surface area (Å²) >= 11 is 0. The molecule has 1 aliphatic rings. The van der Waals surface area contributed by atoms with Crippen LogP contribution in [0, 0.1) is 11.3 Å². The summed E-state index contributed by atoms with van der Waals surface area (Å²) in [5, 5.41) is 11.7. The second-order valence-electron chi connectivity index (χ2n) is 3.20. The molecule has 62 valence electrons. The van der Waals surface area contributed by atoms with Gasteiger partial charge in [0, 0.05) is 13.1 Å². The summed E-state index contributed by atoms with van der Waals surface area (Å²) in [5.74, 6) is 0. The van der Waals surface area contributed by atoms with Crippen molar-refractivity contribution in [2.24, 2.45) is 0 Å². The maximum Gasteiger partial charge on any atom is 0.144 e. The topological polar surface area (TPSA) is 45.0 Å². The van der Waals surface area contributed by atoms with Crippen molar-refractivity contribution in [3.8, 4) is 6.07 Å². The molecule has 1 fully saturated rings. The van der Waals surface area contributed by atoms with E-state index in [0.717, 1.165) is 19.5 Å². The van der Waals surface area contributed by atoms with Crippen LogP contribution in [0.1, 0.15) is 20.3 Å². The monoisotopic (exact) mass is 154 g/mol. The second kappa shape index (κ2) is 3.21. The zero-order valence-electron chi connectivity index (χ0n) is 7.05. The van der Waals surface area contributed by atoms with Crippen LogP contribution in [0.2, 0.25) is 0 Å². The Morgan fingerprint density at radius 3 is 2.64 bits per heavy atom. The molecule has 1 unspecified atom stereocenters. The van der Waals surface area contributed by atoms with Gasteiger partial charge in [0.15, 0.2) is 0 Å². The minimum absolute atomic E-state index is 0.0869. The summed E-state index contributed by atoms with van der Waals surface area (Å²) in [6.07, 6.45) is 0.536. The lowest BCUT2D eigenvalue weighted by atomic mass is 9.99. The summed E-state index contributed by atoms with van der Waals surface area (Å²) in [5.41, 5.74) is -0.0869. The van der Waals surface area contributed by atoms with Gasteiger partial charge in [-0.15, -0.1) is 0 Å². The Morgan fingerprint density at radius 2 is 2.36 bits per heavy atom. The van der Waals surface area contributed by atoms with E-state index in [2.05, 4.69) is 11.4 Å². The van der Waals surface area contributed by atoms with Crippen molar-refractivity contribution in [1.29, 1.82) is 5.26 Å². The molecule has 1 rings (SSSR count). The van der Waals surface area contributed by atoms with Crippen LogP contribution in [0.25, 0.3) is 0 Å². The van der Waals surface area contributed by atoms with Crippen LogP contribution in [-0.4, -0.2) is 24.8 Å². The van der Waals surface area contributed by atoms with Gasteiger partial charge in [0.05, 0.1) is 11.7 Å². The summed E-state index contributed by atoms with van der Waals surface area (Å²) in [4.78, 5) is 0. The fourth-order valence-electron chi connectivity index (χ4n) is 1.10. The van der Waals surface area contributed by atoms with E-state index in [1.54, 1.807) is 0 Å². The zero-order valence-corrected chi connectivity index (χ0v) is 7.05. The van der Waals surface area contributed by atoms with Crippen LogP contribution in [0.4, 0.5) is 0 Å². The molecule has 1 aliphatic heterocycles. The molecule has 1 heterocycles. The molecule has 1 atom stereocenters. The van der Waals surface area contributed by atoms with Gasteiger partial charge in [-0.05, 0) is 13.3 Å². The van der Waals surface area contributed by atoms with E-state index >= 15 is 0 Å². The summed E-state index contributed by atoms with van der Waals surface area (Å²) in [6.45, 7) is 5.73. The first-order valence-electron chi connectivity index (χ1n) is 3.98. The van der Waals surface area contributed by atoms with Gasteiger partial charge >= 0.3 is 0 Å². The molecule has 11 heavy (non-hydrogen) atoms. The molecule has 1 saturated heterocycles. The van der Waals surface area contributed by atoms with Crippen LogP contribution in [0.3, 0.4) is 0 Å². The van der Waals surface area contributed by atoms with E-state index < -0.39 is 0 Å². The first-order valence-corrected chi connectivity index (χ1v) is 3.98. The van der Waals surface area contributed by atoms with Crippen molar-refractivity contribution in [3.05, 3.63) is 0 Å². The molecule has 0 radical (unpaired) electrons. The molecule has 0 aromatic rings. The molecule has 0 amide bonds. The Labute approximate surface area is 67.3 Å². The summed E-state index contributed by atoms with van der Waals surface area (Å²) in [6, 6.07) is 2.13. The molecule has 0 bridgehead atoms. The number of ether oxygens (including phenoxy) is 1. The molecule has 0 aliphatic carbocycles. The Morgan fingerprint density at radius 1 is 1.73 bits per heavy atom. The van der Waals surface area contributed by atoms with Gasteiger partial charge in [0.2, 0.25) is 0 Å². The predicted molar refractivity (Wildman–Crippen MR) is 42.1 cm³/mol. The summed E-state index contributed by atoms with van der Waals surface area (Å²) in [7, 11) is 0. The molecule has 0 aromatic carbocycles. The van der Waals surface area contributed by atoms with Crippen molar-refractivity contribution in [3.63, 3.8) is 0 Å². The van der Waals surface area contributed by atoms with Crippen LogP contribution < -0.4 is 5.32 Å². The molecular formula is C8H14N2O. The zero-order chi connectivity index (χ0) is 8.32. The largest absolute Gasteiger partial charge is 0.354 e. The Kier molecular flexibility index (Phi) is 2.48. The third kappa shape index (κ3) is 1.92. The number of nitrogens with one attached hydrogen (secondary N) is 1. The maximum atomic E-state index is 8.61. The Bertz CT molecular complexity index is 169. The molecule has 0 spiro atoms. The number of hydrogen-bond donors (Lipinski definition) is 1. The standard InChI is InChI=1S/C8H14N2O/c1-3-7(4-9)11-8(2)5-10-6-8/h7,10H,3,5-6H2,1-2H3. The lowest BCUT2D eigenvalue weighted by Crippen LogP contribution is -2.60. The highest BCUT2D eigenvalue weighted by atomic mass is 16.5. The van der Waals surface area contributed by atoms with E-state index in [1.807, 2.05) is 13.8 Å². The molecular weight excluding hydrogens is 140 g/mol. The minimum atomic E-state index is -0.234. The predicted octanol–water partition coefficient (Wildman–Crippen LogP) is 0.667. The third-order valence-corrected chi connectivity index (χ3v) is 1.94. The van der Waals surface area contributed by atoms with Gasteiger partial charge < -0.3 is 10.1 Å². The van der Waals surface area contributed by atoms with E-state index in [9.17, 15) is 0 Å². The Balaban J connectivity index is 2.34. The van der Waals surface area contributed by atoms with Crippen molar-refractivity contribution in [1.82, 2.24) is 5.32 Å². The molecule has 0 saturated carbocycles. The lowest BCUT2D eigenvalue weighted by Gasteiger charge is -2.40. The molecule has 1 N–H and O–H groups in total. The minimum Gasteiger partial charge on any atom is -0.354 e. The van der Waals surface area contributed by atoms with Crippen molar-refractivity contribution in [2.75, 3.05) is 13.1 Å². The SMILES string of the molecule is CCC(C#N)OC1(C)CNC1. The first kappa shape index (κ1) is 8.51. The van der Waals surface area contributed by atoms with Crippen molar-refractivity contribution in [2.45, 2.75) is 32.0 Å². The van der Waals surface area contributed by atoms with Crippen LogP contribution in [-0.2, 0) is 4.74 Å². The van der Waals surface area contributed by atoms with E-state index in [-0.39, 0.29) is 11.7 Å². The highest BCUT2D eigenvalue weighted by Crippen LogP contribution is 2.18. The van der Waals surface area contributed by atoms with Crippen LogP contribution in [0.15, 0.2) is 0 Å². The Hall–Kier alpha value is -0.590. The first-order chi connectivity index (χ1) is 5.20. The fraction of sp³-hybridized carbons (Fsp3) is 0.875. The van der Waals surface area contributed by atoms with Gasteiger partial charge in [-0.2, -0.15) is 5.26 Å². The average molecular weight is 154 g/mol. The van der Waals surface area contributed by atoms with Gasteiger partial charge in [-0.1, -0.05) is 6.92 Å². The third-order valence-electron chi connectivity index (χ3n) is 1.94.